The first kappa shape index (κ1) is 21.2. The molecule has 8 nitrogen and oxygen atoms in total. The van der Waals surface area contributed by atoms with Crippen LogP contribution in [0.2, 0.25) is 0 Å². The van der Waals surface area contributed by atoms with Crippen LogP contribution in [0.3, 0.4) is 0 Å². The van der Waals surface area contributed by atoms with Crippen molar-refractivity contribution in [2.24, 2.45) is 5.92 Å². The summed E-state index contributed by atoms with van der Waals surface area (Å²) in [5, 5.41) is 11.5. The van der Waals surface area contributed by atoms with Crippen LogP contribution < -0.4 is 4.74 Å². The number of amides is 2. The number of ether oxygens (including phenoxy) is 1. The topological polar surface area (TPSA) is 98.8 Å². The largest absolute Gasteiger partial charge is 0.497 e. The van der Waals surface area contributed by atoms with Gasteiger partial charge in [-0.2, -0.15) is 0 Å². The smallest absolute Gasteiger partial charge is 0.254 e. The number of H-pyrrole nitrogens is 1. The first-order valence-electron chi connectivity index (χ1n) is 11.8. The molecule has 2 amide bonds. The van der Waals surface area contributed by atoms with Crippen molar-refractivity contribution in [1.29, 1.82) is 0 Å². The lowest BCUT2D eigenvalue weighted by Crippen LogP contribution is -2.68. The van der Waals surface area contributed by atoms with Crippen LogP contribution in [0.5, 0.6) is 5.75 Å². The zero-order chi connectivity index (χ0) is 23.4. The highest BCUT2D eigenvalue weighted by atomic mass is 16.5. The highest BCUT2D eigenvalue weighted by Gasteiger charge is 2.55. The fourth-order valence-corrected chi connectivity index (χ4v) is 5.70. The van der Waals surface area contributed by atoms with Crippen LogP contribution in [0, 0.1) is 5.92 Å². The van der Waals surface area contributed by atoms with E-state index in [1.54, 1.807) is 36.5 Å². The number of benzene rings is 1. The second-order valence-electron chi connectivity index (χ2n) is 9.87. The molecule has 0 unspecified atom stereocenters. The third-order valence-corrected chi connectivity index (χ3v) is 7.61. The quantitative estimate of drug-likeness (QED) is 0.610. The van der Waals surface area contributed by atoms with Crippen molar-refractivity contribution < 1.29 is 19.4 Å². The number of aliphatic hydroxyl groups is 1. The number of hydrogen-bond donors (Lipinski definition) is 2. The molecular weight excluding hydrogens is 432 g/mol. The molecule has 1 atom stereocenters. The number of hydrogen-bond acceptors (Lipinski definition) is 5. The number of aromatic nitrogens is 2. The summed E-state index contributed by atoms with van der Waals surface area (Å²) in [6.07, 6.45) is 6.11. The number of pyridine rings is 1. The summed E-state index contributed by atoms with van der Waals surface area (Å²) in [4.78, 5) is 37.6. The maximum Gasteiger partial charge on any atom is 0.254 e. The van der Waals surface area contributed by atoms with E-state index in [0.717, 1.165) is 40.8 Å². The van der Waals surface area contributed by atoms with Crippen LogP contribution in [0.4, 0.5) is 0 Å². The molecule has 1 saturated carbocycles. The molecule has 2 aromatic heterocycles. The maximum absolute atomic E-state index is 13.6. The Hall–Kier alpha value is -3.39. The van der Waals surface area contributed by atoms with E-state index >= 15 is 0 Å². The summed E-state index contributed by atoms with van der Waals surface area (Å²) in [5.74, 6) is 1.33. The number of aromatic amines is 1. The maximum atomic E-state index is 13.6. The van der Waals surface area contributed by atoms with Gasteiger partial charge in [0, 0.05) is 66.7 Å². The van der Waals surface area contributed by atoms with Gasteiger partial charge in [-0.1, -0.05) is 0 Å². The van der Waals surface area contributed by atoms with Crippen LogP contribution in [0.15, 0.2) is 42.7 Å². The Bertz CT molecular complexity index is 1260. The number of nitrogens with zero attached hydrogens (tertiary/aromatic N) is 3. The lowest BCUT2D eigenvalue weighted by atomic mass is 9.68. The molecule has 4 heterocycles. The van der Waals surface area contributed by atoms with Crippen LogP contribution in [-0.2, 0) is 10.2 Å². The Morgan fingerprint density at radius 1 is 1.18 bits per heavy atom. The highest BCUT2D eigenvalue weighted by molar-refractivity contribution is 5.96. The zero-order valence-corrected chi connectivity index (χ0v) is 19.2. The Balaban J connectivity index is 1.43. The summed E-state index contributed by atoms with van der Waals surface area (Å²) in [6.45, 7) is 1.39. The first-order chi connectivity index (χ1) is 16.5. The van der Waals surface area contributed by atoms with E-state index in [1.165, 1.54) is 0 Å². The van der Waals surface area contributed by atoms with Gasteiger partial charge in [-0.3, -0.25) is 14.6 Å². The number of carbonyl (C=O) groups is 2. The van der Waals surface area contributed by atoms with Gasteiger partial charge in [-0.25, -0.2) is 0 Å². The molecule has 2 fully saturated rings. The van der Waals surface area contributed by atoms with Crippen LogP contribution in [0.25, 0.3) is 10.9 Å². The summed E-state index contributed by atoms with van der Waals surface area (Å²) in [6, 6.07) is 8.80. The number of fused-ring (bicyclic) bond motifs is 4. The SMILES string of the molecule is COc1ccc2c3c([nH]c2c1)[C@@H](CO)N(C(=O)c1ccncc1)CC31CN(C(=O)CC2CC2)C1. The molecule has 1 aliphatic carbocycles. The average Bonchev–Trinajstić information content (AvgIpc) is 3.57. The summed E-state index contributed by atoms with van der Waals surface area (Å²) >= 11 is 0. The van der Waals surface area contributed by atoms with Gasteiger partial charge in [-0.15, -0.1) is 0 Å². The summed E-state index contributed by atoms with van der Waals surface area (Å²) < 4.78 is 5.42. The molecule has 2 N–H and O–H groups in total. The standard InChI is InChI=1S/C26H28N4O4/c1-34-18-4-5-19-20(11-18)28-24-21(12-31)30(25(33)17-6-8-27-9-7-17)15-26(23(19)24)13-29(14-26)22(32)10-16-2-3-16/h4-9,11,16,21,28,31H,2-3,10,12-15H2,1H3/t21-/m1/s1. The van der Waals surface area contributed by atoms with Crippen LogP contribution in [0.1, 0.15) is 46.9 Å². The number of rotatable bonds is 5. The van der Waals surface area contributed by atoms with E-state index in [1.807, 2.05) is 23.1 Å². The summed E-state index contributed by atoms with van der Waals surface area (Å²) in [7, 11) is 1.63. The molecule has 0 radical (unpaired) electrons. The predicted molar refractivity (Wildman–Crippen MR) is 126 cm³/mol. The van der Waals surface area contributed by atoms with E-state index in [0.29, 0.717) is 37.5 Å². The molecule has 3 aromatic rings. The molecular formula is C26H28N4O4. The first-order valence-corrected chi connectivity index (χ1v) is 11.8. The van der Waals surface area contributed by atoms with Gasteiger partial charge in [0.1, 0.15) is 5.75 Å². The Kier molecular flexibility index (Phi) is 4.88. The highest BCUT2D eigenvalue weighted by Crippen LogP contribution is 2.49. The molecule has 3 aliphatic rings. The van der Waals surface area contributed by atoms with E-state index in [9.17, 15) is 14.7 Å². The van der Waals surface area contributed by atoms with Crippen molar-refractivity contribution in [2.45, 2.75) is 30.7 Å². The van der Waals surface area contributed by atoms with Crippen molar-refractivity contribution >= 4 is 22.7 Å². The van der Waals surface area contributed by atoms with E-state index in [4.69, 9.17) is 4.74 Å². The van der Waals surface area contributed by atoms with E-state index < -0.39 is 6.04 Å². The number of aliphatic hydroxyl groups excluding tert-OH is 1. The average molecular weight is 461 g/mol. The normalized spacial score (nSPS) is 20.8. The van der Waals surface area contributed by atoms with Gasteiger partial charge in [0.05, 0.1) is 25.2 Å². The second-order valence-corrected chi connectivity index (χ2v) is 9.87. The predicted octanol–water partition coefficient (Wildman–Crippen LogP) is 2.64. The van der Waals surface area contributed by atoms with Crippen molar-refractivity contribution in [3.63, 3.8) is 0 Å². The number of likely N-dealkylation sites (tertiary alicyclic amines) is 1. The van der Waals surface area contributed by atoms with Crippen molar-refractivity contribution in [1.82, 2.24) is 19.8 Å². The van der Waals surface area contributed by atoms with Crippen molar-refractivity contribution in [3.8, 4) is 5.75 Å². The molecule has 34 heavy (non-hydrogen) atoms. The molecule has 0 bridgehead atoms. The van der Waals surface area contributed by atoms with Crippen molar-refractivity contribution in [3.05, 3.63) is 59.5 Å². The Morgan fingerprint density at radius 3 is 2.62 bits per heavy atom. The fourth-order valence-electron chi connectivity index (χ4n) is 5.70. The lowest BCUT2D eigenvalue weighted by Gasteiger charge is -2.56. The Labute approximate surface area is 197 Å². The minimum absolute atomic E-state index is 0.148. The van der Waals surface area contributed by atoms with Crippen LogP contribution in [-0.4, -0.2) is 70.0 Å². The van der Waals surface area contributed by atoms with Gasteiger partial charge in [-0.05, 0) is 48.6 Å². The number of carbonyl (C=O) groups excluding carboxylic acids is 2. The number of methoxy groups -OCH3 is 1. The van der Waals surface area contributed by atoms with Gasteiger partial charge >= 0.3 is 0 Å². The number of nitrogens with one attached hydrogen (secondary N) is 1. The minimum atomic E-state index is -0.504. The van der Waals surface area contributed by atoms with E-state index in [2.05, 4.69) is 9.97 Å². The second kappa shape index (κ2) is 7.84. The molecule has 176 valence electrons. The molecule has 1 aromatic carbocycles. The molecule has 1 spiro atoms. The molecule has 6 rings (SSSR count). The van der Waals surface area contributed by atoms with Crippen LogP contribution >= 0.6 is 0 Å². The van der Waals surface area contributed by atoms with Crippen molar-refractivity contribution in [2.75, 3.05) is 33.4 Å². The fraction of sp³-hybridized carbons (Fsp3) is 0.423. The van der Waals surface area contributed by atoms with Gasteiger partial charge in [0.2, 0.25) is 5.91 Å². The summed E-state index contributed by atoms with van der Waals surface area (Å²) in [5.41, 5.74) is 3.01. The van der Waals surface area contributed by atoms with Gasteiger partial charge < -0.3 is 24.6 Å². The van der Waals surface area contributed by atoms with Gasteiger partial charge in [0.15, 0.2) is 0 Å². The van der Waals surface area contributed by atoms with E-state index in [-0.39, 0.29) is 23.8 Å². The third-order valence-electron chi connectivity index (χ3n) is 7.61. The molecule has 2 aliphatic heterocycles. The Morgan fingerprint density at radius 2 is 1.94 bits per heavy atom. The monoisotopic (exact) mass is 460 g/mol. The third kappa shape index (κ3) is 3.27. The lowest BCUT2D eigenvalue weighted by molar-refractivity contribution is -0.140. The minimum Gasteiger partial charge on any atom is -0.497 e. The zero-order valence-electron chi connectivity index (χ0n) is 19.2. The molecule has 8 heteroatoms. The van der Waals surface area contributed by atoms with Gasteiger partial charge in [0.25, 0.3) is 5.91 Å². The molecule has 1 saturated heterocycles.